The molecule has 0 saturated carbocycles. The number of alkyl halides is 4. The van der Waals surface area contributed by atoms with Crippen LogP contribution in [0.2, 0.25) is 0 Å². The molecule has 0 fully saturated rings. The van der Waals surface area contributed by atoms with Gasteiger partial charge in [0.2, 0.25) is 0 Å². The summed E-state index contributed by atoms with van der Waals surface area (Å²) in [6, 6.07) is 19.8. The highest BCUT2D eigenvalue weighted by Crippen LogP contribution is 2.26. The quantitative estimate of drug-likeness (QED) is 0.318. The summed E-state index contributed by atoms with van der Waals surface area (Å²) in [4.78, 5) is 4.65. The van der Waals surface area contributed by atoms with E-state index < -0.39 is 13.2 Å². The zero-order chi connectivity index (χ0) is 23.4. The van der Waals surface area contributed by atoms with Crippen LogP contribution in [0.4, 0.5) is 17.6 Å². The molecule has 1 aromatic heterocycles. The molecule has 4 aromatic rings. The van der Waals surface area contributed by atoms with Gasteiger partial charge in [-0.3, -0.25) is 0 Å². The summed E-state index contributed by atoms with van der Waals surface area (Å²) < 4.78 is 61.4. The van der Waals surface area contributed by atoms with Crippen LogP contribution in [0.15, 0.2) is 66.7 Å². The van der Waals surface area contributed by atoms with Crippen molar-refractivity contribution in [1.82, 2.24) is 9.55 Å². The topological polar surface area (TPSA) is 60.1 Å². The Morgan fingerprint density at radius 2 is 1.64 bits per heavy atom. The standard InChI is InChI=1S/C24H17F4N3O2/c25-23(26)32-18-8-5-15(6-9-18)12-22-30-19-10-7-16(13-29)11-20(19)31(22)14-17-3-1-2-4-21(17)33-24(27)28/h1-11,23-24H,12,14H2. The first-order valence-electron chi connectivity index (χ1n) is 9.88. The van der Waals surface area contributed by atoms with E-state index in [1.54, 1.807) is 48.5 Å². The minimum atomic E-state index is -2.97. The average Bonchev–Trinajstić information content (AvgIpc) is 3.11. The molecule has 0 spiro atoms. The minimum absolute atomic E-state index is 0.0407. The van der Waals surface area contributed by atoms with Crippen molar-refractivity contribution in [3.8, 4) is 17.6 Å². The molecule has 3 aromatic carbocycles. The van der Waals surface area contributed by atoms with Gasteiger partial charge in [-0.25, -0.2) is 4.98 Å². The van der Waals surface area contributed by atoms with Gasteiger partial charge >= 0.3 is 13.2 Å². The number of benzene rings is 3. The second-order valence-corrected chi connectivity index (χ2v) is 7.11. The van der Waals surface area contributed by atoms with Crippen molar-refractivity contribution in [1.29, 1.82) is 5.26 Å². The molecule has 0 saturated heterocycles. The molecule has 1 heterocycles. The molecule has 0 amide bonds. The van der Waals surface area contributed by atoms with Gasteiger partial charge in [0.05, 0.1) is 29.2 Å². The molecule has 0 aliphatic heterocycles. The van der Waals surface area contributed by atoms with Gasteiger partial charge < -0.3 is 14.0 Å². The van der Waals surface area contributed by atoms with Crippen LogP contribution < -0.4 is 9.47 Å². The maximum atomic E-state index is 12.9. The number of hydrogen-bond donors (Lipinski definition) is 0. The molecule has 0 atom stereocenters. The van der Waals surface area contributed by atoms with E-state index in [2.05, 4.69) is 20.5 Å². The van der Waals surface area contributed by atoms with E-state index in [0.29, 0.717) is 34.4 Å². The van der Waals surface area contributed by atoms with Crippen LogP contribution in [0.3, 0.4) is 0 Å². The monoisotopic (exact) mass is 455 g/mol. The van der Waals surface area contributed by atoms with Crippen molar-refractivity contribution in [2.75, 3.05) is 0 Å². The molecule has 33 heavy (non-hydrogen) atoms. The molecule has 0 unspecified atom stereocenters. The zero-order valence-corrected chi connectivity index (χ0v) is 17.1. The van der Waals surface area contributed by atoms with E-state index >= 15 is 0 Å². The van der Waals surface area contributed by atoms with Crippen LogP contribution in [0, 0.1) is 11.3 Å². The Hall–Kier alpha value is -4.06. The Morgan fingerprint density at radius 3 is 2.33 bits per heavy atom. The second kappa shape index (κ2) is 9.61. The maximum Gasteiger partial charge on any atom is 0.387 e. The molecule has 0 aliphatic carbocycles. The number of hydrogen-bond acceptors (Lipinski definition) is 4. The highest BCUT2D eigenvalue weighted by atomic mass is 19.3. The SMILES string of the molecule is N#Cc1ccc2nc(Cc3ccc(OC(F)F)cc3)n(Cc3ccccc3OC(F)F)c2c1. The second-order valence-electron chi connectivity index (χ2n) is 7.11. The first-order chi connectivity index (χ1) is 15.9. The number of fused-ring (bicyclic) bond motifs is 1. The van der Waals surface area contributed by atoms with Crippen molar-refractivity contribution in [3.63, 3.8) is 0 Å². The third-order valence-corrected chi connectivity index (χ3v) is 4.98. The Kier molecular flexibility index (Phi) is 6.45. The smallest absolute Gasteiger partial charge is 0.387 e. The largest absolute Gasteiger partial charge is 0.435 e. The molecule has 0 aliphatic rings. The summed E-state index contributed by atoms with van der Waals surface area (Å²) in [7, 11) is 0. The first-order valence-corrected chi connectivity index (χ1v) is 9.88. The van der Waals surface area contributed by atoms with Crippen LogP contribution in [0.25, 0.3) is 11.0 Å². The van der Waals surface area contributed by atoms with E-state index in [0.717, 1.165) is 5.56 Å². The summed E-state index contributed by atoms with van der Waals surface area (Å²) in [6.07, 6.45) is 0.337. The number of nitriles is 1. The van der Waals surface area contributed by atoms with Crippen molar-refractivity contribution in [3.05, 3.63) is 89.2 Å². The van der Waals surface area contributed by atoms with Gasteiger partial charge in [-0.05, 0) is 42.0 Å². The van der Waals surface area contributed by atoms with E-state index in [9.17, 15) is 22.8 Å². The number of rotatable bonds is 8. The normalized spacial score (nSPS) is 11.2. The molecule has 9 heteroatoms. The summed E-state index contributed by atoms with van der Waals surface area (Å²) in [5.41, 5.74) is 3.02. The van der Waals surface area contributed by atoms with Gasteiger partial charge in [0.15, 0.2) is 0 Å². The van der Waals surface area contributed by atoms with Crippen LogP contribution in [-0.2, 0) is 13.0 Å². The Balaban J connectivity index is 1.73. The molecule has 0 N–H and O–H groups in total. The Labute approximate surface area is 186 Å². The van der Waals surface area contributed by atoms with Gasteiger partial charge in [0.1, 0.15) is 17.3 Å². The lowest BCUT2D eigenvalue weighted by atomic mass is 10.1. The fourth-order valence-corrected chi connectivity index (χ4v) is 3.54. The number of ether oxygens (including phenoxy) is 2. The van der Waals surface area contributed by atoms with Crippen molar-refractivity contribution >= 4 is 11.0 Å². The fourth-order valence-electron chi connectivity index (χ4n) is 3.54. The maximum absolute atomic E-state index is 12.9. The predicted octanol–water partition coefficient (Wildman–Crippen LogP) is 5.75. The van der Waals surface area contributed by atoms with Crippen molar-refractivity contribution < 1.29 is 27.0 Å². The number of imidazole rings is 1. The minimum Gasteiger partial charge on any atom is -0.435 e. The fraction of sp³-hybridized carbons (Fsp3) is 0.167. The van der Waals surface area contributed by atoms with E-state index in [-0.39, 0.29) is 18.0 Å². The van der Waals surface area contributed by atoms with Gasteiger partial charge in [-0.15, -0.1) is 0 Å². The van der Waals surface area contributed by atoms with Crippen LogP contribution in [-0.4, -0.2) is 22.8 Å². The van der Waals surface area contributed by atoms with Crippen LogP contribution in [0.5, 0.6) is 11.5 Å². The van der Waals surface area contributed by atoms with Gasteiger partial charge in [-0.1, -0.05) is 30.3 Å². The predicted molar refractivity (Wildman–Crippen MR) is 113 cm³/mol. The highest BCUT2D eigenvalue weighted by molar-refractivity contribution is 5.78. The molecule has 5 nitrogen and oxygen atoms in total. The lowest BCUT2D eigenvalue weighted by Gasteiger charge is -2.14. The summed E-state index contributed by atoms with van der Waals surface area (Å²) in [5, 5.41) is 9.30. The number of para-hydroxylation sites is 1. The molecule has 4 rings (SSSR count). The van der Waals surface area contributed by atoms with Crippen LogP contribution in [0.1, 0.15) is 22.5 Å². The van der Waals surface area contributed by atoms with Crippen LogP contribution >= 0.6 is 0 Å². The summed E-state index contributed by atoms with van der Waals surface area (Å²) >= 11 is 0. The van der Waals surface area contributed by atoms with E-state index in [4.69, 9.17) is 0 Å². The summed E-state index contributed by atoms with van der Waals surface area (Å²) in [6.45, 7) is -5.70. The third kappa shape index (κ3) is 5.23. The molecule has 0 bridgehead atoms. The molecular formula is C24H17F4N3O2. The number of aromatic nitrogens is 2. The average molecular weight is 455 g/mol. The number of nitrogens with zero attached hydrogens (tertiary/aromatic N) is 3. The Bertz CT molecular complexity index is 1300. The first kappa shape index (κ1) is 22.1. The zero-order valence-electron chi connectivity index (χ0n) is 17.1. The third-order valence-electron chi connectivity index (χ3n) is 4.98. The molecular weight excluding hydrogens is 438 g/mol. The highest BCUT2D eigenvalue weighted by Gasteiger charge is 2.16. The lowest BCUT2D eigenvalue weighted by molar-refractivity contribution is -0.0509. The van der Waals surface area contributed by atoms with E-state index in [1.165, 1.54) is 18.2 Å². The van der Waals surface area contributed by atoms with Crippen molar-refractivity contribution in [2.45, 2.75) is 26.2 Å². The number of halogens is 4. The lowest BCUT2D eigenvalue weighted by Crippen LogP contribution is -2.10. The van der Waals surface area contributed by atoms with Gasteiger partial charge in [0.25, 0.3) is 0 Å². The summed E-state index contributed by atoms with van der Waals surface area (Å²) in [5.74, 6) is 0.693. The van der Waals surface area contributed by atoms with Crippen molar-refractivity contribution in [2.24, 2.45) is 0 Å². The Morgan fingerprint density at radius 1 is 0.909 bits per heavy atom. The van der Waals surface area contributed by atoms with E-state index in [1.807, 2.05) is 4.57 Å². The van der Waals surface area contributed by atoms with Gasteiger partial charge in [0, 0.05) is 12.0 Å². The van der Waals surface area contributed by atoms with Gasteiger partial charge in [-0.2, -0.15) is 22.8 Å². The molecule has 168 valence electrons. The molecule has 0 radical (unpaired) electrons.